The number of fused-ring (bicyclic) bond motifs is 1. The predicted molar refractivity (Wildman–Crippen MR) is 69.1 cm³/mol. The number of hydrogen-bond donors (Lipinski definition) is 2. The lowest BCUT2D eigenvalue weighted by Gasteiger charge is -2.19. The number of carbonyl (C=O) groups is 1. The Morgan fingerprint density at radius 1 is 1.33 bits per heavy atom. The number of anilines is 1. The van der Waals surface area contributed by atoms with Gasteiger partial charge in [-0.3, -0.25) is 4.79 Å². The van der Waals surface area contributed by atoms with E-state index >= 15 is 0 Å². The van der Waals surface area contributed by atoms with Crippen molar-refractivity contribution < 1.29 is 14.3 Å². The van der Waals surface area contributed by atoms with Gasteiger partial charge in [-0.2, -0.15) is 0 Å². The Kier molecular flexibility index (Phi) is 4.06. The van der Waals surface area contributed by atoms with Crippen molar-refractivity contribution in [2.75, 3.05) is 31.6 Å². The summed E-state index contributed by atoms with van der Waals surface area (Å²) in [6.07, 6.45) is 1.64. The highest BCUT2D eigenvalue weighted by Crippen LogP contribution is 2.32. The van der Waals surface area contributed by atoms with Gasteiger partial charge in [0.1, 0.15) is 13.2 Å². The Labute approximate surface area is 106 Å². The van der Waals surface area contributed by atoms with Gasteiger partial charge in [0, 0.05) is 18.3 Å². The van der Waals surface area contributed by atoms with Crippen LogP contribution in [-0.4, -0.2) is 32.2 Å². The van der Waals surface area contributed by atoms with Crippen LogP contribution in [0.25, 0.3) is 0 Å². The third-order valence-electron chi connectivity index (χ3n) is 2.44. The molecule has 0 radical (unpaired) electrons. The summed E-state index contributed by atoms with van der Waals surface area (Å²) in [6, 6.07) is 5.52. The van der Waals surface area contributed by atoms with Crippen molar-refractivity contribution in [1.82, 2.24) is 5.32 Å². The summed E-state index contributed by atoms with van der Waals surface area (Å²) in [6.45, 7) is 5.35. The number of carbonyl (C=O) groups excluding carboxylic acids is 1. The van der Waals surface area contributed by atoms with Gasteiger partial charge < -0.3 is 20.1 Å². The summed E-state index contributed by atoms with van der Waals surface area (Å²) in [5, 5.41) is 5.71. The summed E-state index contributed by atoms with van der Waals surface area (Å²) in [7, 11) is 0. The number of hydrogen-bond acceptors (Lipinski definition) is 4. The maximum Gasteiger partial charge on any atom is 0.239 e. The zero-order valence-electron chi connectivity index (χ0n) is 10.1. The predicted octanol–water partition coefficient (Wildman–Crippen LogP) is 1.17. The van der Waals surface area contributed by atoms with Gasteiger partial charge in [0.05, 0.1) is 6.54 Å². The lowest BCUT2D eigenvalue weighted by atomic mass is 10.2. The van der Waals surface area contributed by atoms with Crippen molar-refractivity contribution >= 4 is 11.6 Å². The molecule has 0 aromatic heterocycles. The zero-order chi connectivity index (χ0) is 12.8. The van der Waals surface area contributed by atoms with Gasteiger partial charge >= 0.3 is 0 Å². The second-order valence-electron chi connectivity index (χ2n) is 3.80. The number of ether oxygens (including phenoxy) is 2. The first-order chi connectivity index (χ1) is 8.79. The Morgan fingerprint density at radius 3 is 2.89 bits per heavy atom. The van der Waals surface area contributed by atoms with E-state index in [9.17, 15) is 4.79 Å². The van der Waals surface area contributed by atoms with Gasteiger partial charge in [-0.25, -0.2) is 0 Å². The molecule has 1 aromatic rings. The van der Waals surface area contributed by atoms with E-state index in [4.69, 9.17) is 9.47 Å². The standard InChI is InChI=1S/C13H16N2O3/c1-2-5-14-13(16)9-15-10-3-4-11-12(8-10)18-7-6-17-11/h2-4,8,15H,1,5-7,9H2,(H,14,16). The Balaban J connectivity index is 1.89. The van der Waals surface area contributed by atoms with Crippen LogP contribution in [0.5, 0.6) is 11.5 Å². The van der Waals surface area contributed by atoms with Crippen molar-refractivity contribution in [1.29, 1.82) is 0 Å². The molecule has 5 nitrogen and oxygen atoms in total. The topological polar surface area (TPSA) is 59.6 Å². The number of nitrogens with one attached hydrogen (secondary N) is 2. The molecule has 96 valence electrons. The molecule has 1 aliphatic rings. The molecule has 0 unspecified atom stereocenters. The molecule has 2 rings (SSSR count). The number of amides is 1. The van der Waals surface area contributed by atoms with Crippen molar-refractivity contribution in [2.24, 2.45) is 0 Å². The maximum absolute atomic E-state index is 11.4. The molecule has 0 saturated carbocycles. The van der Waals surface area contributed by atoms with E-state index in [0.29, 0.717) is 25.5 Å². The van der Waals surface area contributed by atoms with Crippen molar-refractivity contribution in [3.63, 3.8) is 0 Å². The molecule has 0 fully saturated rings. The Hall–Kier alpha value is -2.17. The third kappa shape index (κ3) is 3.16. The van der Waals surface area contributed by atoms with E-state index in [1.54, 1.807) is 6.08 Å². The SMILES string of the molecule is C=CCNC(=O)CNc1ccc2c(c1)OCCO2. The monoisotopic (exact) mass is 248 g/mol. The quantitative estimate of drug-likeness (QED) is 0.768. The highest BCUT2D eigenvalue weighted by atomic mass is 16.6. The first-order valence-electron chi connectivity index (χ1n) is 5.80. The molecule has 2 N–H and O–H groups in total. The molecule has 0 aliphatic carbocycles. The first kappa shape index (κ1) is 12.3. The second-order valence-corrected chi connectivity index (χ2v) is 3.80. The van der Waals surface area contributed by atoms with E-state index < -0.39 is 0 Å². The largest absolute Gasteiger partial charge is 0.486 e. The lowest BCUT2D eigenvalue weighted by molar-refractivity contribution is -0.119. The number of benzene rings is 1. The third-order valence-corrected chi connectivity index (χ3v) is 2.44. The Morgan fingerprint density at radius 2 is 2.11 bits per heavy atom. The molecule has 1 aliphatic heterocycles. The van der Waals surface area contributed by atoms with Crippen LogP contribution in [0.2, 0.25) is 0 Å². The fraction of sp³-hybridized carbons (Fsp3) is 0.308. The minimum atomic E-state index is -0.0789. The van der Waals surface area contributed by atoms with E-state index in [0.717, 1.165) is 11.4 Å². The maximum atomic E-state index is 11.4. The van der Waals surface area contributed by atoms with Crippen LogP contribution < -0.4 is 20.1 Å². The molecule has 18 heavy (non-hydrogen) atoms. The van der Waals surface area contributed by atoms with E-state index in [-0.39, 0.29) is 12.5 Å². The molecular weight excluding hydrogens is 232 g/mol. The highest BCUT2D eigenvalue weighted by Gasteiger charge is 2.11. The fourth-order valence-electron chi connectivity index (χ4n) is 1.58. The van der Waals surface area contributed by atoms with Crippen LogP contribution in [0.15, 0.2) is 30.9 Å². The molecule has 1 aromatic carbocycles. The van der Waals surface area contributed by atoms with Gasteiger partial charge in [0.15, 0.2) is 11.5 Å². The fourth-order valence-corrected chi connectivity index (χ4v) is 1.58. The minimum Gasteiger partial charge on any atom is -0.486 e. The lowest BCUT2D eigenvalue weighted by Crippen LogP contribution is -2.29. The smallest absolute Gasteiger partial charge is 0.239 e. The minimum absolute atomic E-state index is 0.0789. The van der Waals surface area contributed by atoms with E-state index in [2.05, 4.69) is 17.2 Å². The van der Waals surface area contributed by atoms with Crippen LogP contribution >= 0.6 is 0 Å². The van der Waals surface area contributed by atoms with Crippen LogP contribution in [0.3, 0.4) is 0 Å². The normalized spacial score (nSPS) is 12.7. The van der Waals surface area contributed by atoms with E-state index in [1.807, 2.05) is 18.2 Å². The highest BCUT2D eigenvalue weighted by molar-refractivity contribution is 5.80. The van der Waals surface area contributed by atoms with Crippen LogP contribution in [0.4, 0.5) is 5.69 Å². The average Bonchev–Trinajstić information content (AvgIpc) is 2.42. The van der Waals surface area contributed by atoms with Gasteiger partial charge in [0.25, 0.3) is 0 Å². The molecule has 5 heteroatoms. The van der Waals surface area contributed by atoms with Gasteiger partial charge in [-0.1, -0.05) is 6.08 Å². The van der Waals surface area contributed by atoms with Crippen molar-refractivity contribution in [3.8, 4) is 11.5 Å². The summed E-state index contributed by atoms with van der Waals surface area (Å²) in [5.74, 6) is 1.37. The van der Waals surface area contributed by atoms with E-state index in [1.165, 1.54) is 0 Å². The molecule has 1 amide bonds. The summed E-state index contributed by atoms with van der Waals surface area (Å²) in [4.78, 5) is 11.4. The van der Waals surface area contributed by atoms with Crippen molar-refractivity contribution in [3.05, 3.63) is 30.9 Å². The van der Waals surface area contributed by atoms with Gasteiger partial charge in [-0.15, -0.1) is 6.58 Å². The zero-order valence-corrected chi connectivity index (χ0v) is 10.1. The molecule has 1 heterocycles. The Bertz CT molecular complexity index is 446. The van der Waals surface area contributed by atoms with Gasteiger partial charge in [0.2, 0.25) is 5.91 Å². The van der Waals surface area contributed by atoms with Gasteiger partial charge in [-0.05, 0) is 12.1 Å². The van der Waals surface area contributed by atoms with Crippen LogP contribution in [-0.2, 0) is 4.79 Å². The second kappa shape index (κ2) is 5.95. The molecule has 0 bridgehead atoms. The summed E-state index contributed by atoms with van der Waals surface area (Å²) in [5.41, 5.74) is 0.827. The molecule has 0 saturated heterocycles. The summed E-state index contributed by atoms with van der Waals surface area (Å²) >= 11 is 0. The first-order valence-corrected chi connectivity index (χ1v) is 5.80. The molecule has 0 spiro atoms. The molecular formula is C13H16N2O3. The number of rotatable bonds is 5. The van der Waals surface area contributed by atoms with Crippen molar-refractivity contribution in [2.45, 2.75) is 0 Å². The summed E-state index contributed by atoms with van der Waals surface area (Å²) < 4.78 is 10.9. The average molecular weight is 248 g/mol. The van der Waals surface area contributed by atoms with Crippen LogP contribution in [0.1, 0.15) is 0 Å². The molecule has 0 atom stereocenters. The van der Waals surface area contributed by atoms with Crippen LogP contribution in [0, 0.1) is 0 Å².